The topological polar surface area (TPSA) is 134 Å². The van der Waals surface area contributed by atoms with Crippen molar-refractivity contribution in [2.75, 3.05) is 18.6 Å². The molecule has 9 atom stereocenters. The van der Waals surface area contributed by atoms with E-state index in [1.165, 1.54) is 11.9 Å². The number of nitrogens with zero attached hydrogens (tertiary/aromatic N) is 2. The van der Waals surface area contributed by atoms with Gasteiger partial charge in [-0.25, -0.2) is 4.79 Å². The van der Waals surface area contributed by atoms with Gasteiger partial charge in [0.15, 0.2) is 6.10 Å². The van der Waals surface area contributed by atoms with E-state index in [1.807, 2.05) is 19.1 Å². The van der Waals surface area contributed by atoms with Crippen LogP contribution < -0.4 is 4.90 Å². The lowest BCUT2D eigenvalue weighted by Gasteiger charge is -2.52. The van der Waals surface area contributed by atoms with Crippen molar-refractivity contribution in [1.29, 1.82) is 5.26 Å². The molecule has 0 aliphatic heterocycles. The van der Waals surface area contributed by atoms with E-state index in [4.69, 9.17) is 10.00 Å². The molecule has 1 aromatic rings. The first-order valence-corrected chi connectivity index (χ1v) is 12.9. The highest BCUT2D eigenvalue weighted by Crippen LogP contribution is 2.72. The third kappa shape index (κ3) is 3.31. The zero-order valence-corrected chi connectivity index (χ0v) is 21.9. The van der Waals surface area contributed by atoms with E-state index in [-0.39, 0.29) is 28.7 Å². The molecule has 1 amide bonds. The zero-order valence-electron chi connectivity index (χ0n) is 21.9. The summed E-state index contributed by atoms with van der Waals surface area (Å²) in [4.78, 5) is 14.6. The van der Waals surface area contributed by atoms with Gasteiger partial charge in [-0.1, -0.05) is 32.9 Å². The second-order valence-corrected chi connectivity index (χ2v) is 12.0. The molecule has 1 unspecified atom stereocenters. The Labute approximate surface area is 217 Å². The first-order chi connectivity index (χ1) is 17.4. The minimum absolute atomic E-state index is 0.000964. The molecular formula is C29H36N2O6. The Morgan fingerprint density at radius 3 is 2.49 bits per heavy atom. The third-order valence-electron chi connectivity index (χ3n) is 10.0. The summed E-state index contributed by atoms with van der Waals surface area (Å²) in [5.74, 6) is -0.119. The Kier molecular flexibility index (Phi) is 5.89. The monoisotopic (exact) mass is 508 g/mol. The van der Waals surface area contributed by atoms with Crippen molar-refractivity contribution in [2.24, 2.45) is 34.5 Å². The largest absolute Gasteiger partial charge is 0.438 e. The molecule has 198 valence electrons. The van der Waals surface area contributed by atoms with Crippen LogP contribution in [0.25, 0.3) is 0 Å². The van der Waals surface area contributed by atoms with Crippen LogP contribution in [-0.4, -0.2) is 64.1 Å². The molecule has 4 aliphatic carbocycles. The molecule has 4 aliphatic rings. The van der Waals surface area contributed by atoms with Crippen LogP contribution in [-0.2, 0) is 4.74 Å². The summed E-state index contributed by atoms with van der Waals surface area (Å²) in [7, 11) is 1.52. The predicted octanol–water partition coefficient (Wildman–Crippen LogP) is 2.76. The van der Waals surface area contributed by atoms with Gasteiger partial charge in [0.1, 0.15) is 11.7 Å². The summed E-state index contributed by atoms with van der Waals surface area (Å²) < 4.78 is 5.91. The maximum Gasteiger partial charge on any atom is 0.414 e. The van der Waals surface area contributed by atoms with E-state index in [0.29, 0.717) is 22.7 Å². The van der Waals surface area contributed by atoms with Crippen LogP contribution in [0.4, 0.5) is 10.5 Å². The van der Waals surface area contributed by atoms with Gasteiger partial charge >= 0.3 is 6.09 Å². The van der Waals surface area contributed by atoms with Crippen LogP contribution in [0, 0.1) is 45.8 Å². The van der Waals surface area contributed by atoms with E-state index < -0.39 is 42.0 Å². The van der Waals surface area contributed by atoms with Crippen LogP contribution in [0.3, 0.4) is 0 Å². The second-order valence-electron chi connectivity index (χ2n) is 12.0. The molecule has 1 spiro atoms. The second kappa shape index (κ2) is 8.40. The summed E-state index contributed by atoms with van der Waals surface area (Å²) in [5.41, 5.74) is -1.65. The van der Waals surface area contributed by atoms with Crippen molar-refractivity contribution < 1.29 is 30.0 Å². The molecule has 0 saturated heterocycles. The smallest absolute Gasteiger partial charge is 0.414 e. The highest BCUT2D eigenvalue weighted by Gasteiger charge is 2.76. The van der Waals surface area contributed by atoms with Crippen LogP contribution in [0.5, 0.6) is 0 Å². The Bertz CT molecular complexity index is 1220. The lowest BCUT2D eigenvalue weighted by molar-refractivity contribution is -0.214. The summed E-state index contributed by atoms with van der Waals surface area (Å²) in [5, 5.41) is 55.4. The molecule has 0 radical (unpaired) electrons. The Morgan fingerprint density at radius 1 is 1.24 bits per heavy atom. The fourth-order valence-electron chi connectivity index (χ4n) is 7.95. The maximum atomic E-state index is 13.3. The molecule has 0 aromatic heterocycles. The molecule has 4 N–H and O–H groups in total. The first kappa shape index (κ1) is 25.9. The van der Waals surface area contributed by atoms with Gasteiger partial charge in [-0.3, -0.25) is 4.90 Å². The van der Waals surface area contributed by atoms with Crippen LogP contribution in [0.15, 0.2) is 47.6 Å². The number of rotatable bonds is 3. The molecule has 2 bridgehead atoms. The van der Waals surface area contributed by atoms with Crippen LogP contribution >= 0.6 is 0 Å². The summed E-state index contributed by atoms with van der Waals surface area (Å²) >= 11 is 0. The fourth-order valence-corrected chi connectivity index (χ4v) is 7.95. The number of hydrogen-bond donors (Lipinski definition) is 4. The summed E-state index contributed by atoms with van der Waals surface area (Å²) in [6, 6.07) is 8.46. The molecule has 5 rings (SSSR count). The van der Waals surface area contributed by atoms with Crippen molar-refractivity contribution in [1.82, 2.24) is 0 Å². The van der Waals surface area contributed by atoms with Gasteiger partial charge in [0, 0.05) is 18.7 Å². The highest BCUT2D eigenvalue weighted by molar-refractivity contribution is 5.87. The maximum absolute atomic E-state index is 13.3. The molecule has 2 saturated carbocycles. The van der Waals surface area contributed by atoms with Gasteiger partial charge in [-0.2, -0.15) is 5.26 Å². The average molecular weight is 509 g/mol. The van der Waals surface area contributed by atoms with Gasteiger partial charge in [0.25, 0.3) is 0 Å². The Balaban J connectivity index is 1.55. The highest BCUT2D eigenvalue weighted by atomic mass is 16.6. The van der Waals surface area contributed by atoms with Crippen molar-refractivity contribution in [2.45, 2.75) is 58.0 Å². The van der Waals surface area contributed by atoms with E-state index in [1.54, 1.807) is 37.3 Å². The number of ether oxygens (including phenoxy) is 1. The van der Waals surface area contributed by atoms with Crippen molar-refractivity contribution in [3.63, 3.8) is 0 Å². The normalized spacial score (nSPS) is 41.1. The molecule has 2 fully saturated rings. The van der Waals surface area contributed by atoms with E-state index in [0.717, 1.165) is 6.42 Å². The third-order valence-corrected chi connectivity index (χ3v) is 10.0. The predicted molar refractivity (Wildman–Crippen MR) is 136 cm³/mol. The lowest BCUT2D eigenvalue weighted by Crippen LogP contribution is -2.67. The van der Waals surface area contributed by atoms with Gasteiger partial charge in [-0.05, 0) is 71.9 Å². The number of anilines is 1. The quantitative estimate of drug-likeness (QED) is 0.461. The number of carbonyl (C=O) groups is 1. The van der Waals surface area contributed by atoms with E-state index in [9.17, 15) is 25.2 Å². The van der Waals surface area contributed by atoms with Gasteiger partial charge in [-0.15, -0.1) is 0 Å². The number of benzene rings is 1. The zero-order chi connectivity index (χ0) is 27.1. The molecule has 8 nitrogen and oxygen atoms in total. The molecular weight excluding hydrogens is 472 g/mol. The molecule has 0 heterocycles. The number of carbonyl (C=O) groups excluding carboxylic acids is 1. The van der Waals surface area contributed by atoms with E-state index >= 15 is 0 Å². The molecule has 37 heavy (non-hydrogen) atoms. The number of amides is 1. The Morgan fingerprint density at radius 2 is 1.89 bits per heavy atom. The van der Waals surface area contributed by atoms with E-state index in [2.05, 4.69) is 13.8 Å². The number of fused-ring (bicyclic) bond motifs is 3. The van der Waals surface area contributed by atoms with Gasteiger partial charge in [0.2, 0.25) is 0 Å². The number of aliphatic hydroxyl groups is 4. The number of hydrogen-bond acceptors (Lipinski definition) is 7. The van der Waals surface area contributed by atoms with Crippen LogP contribution in [0.1, 0.15) is 39.7 Å². The number of aliphatic hydroxyl groups excluding tert-OH is 3. The van der Waals surface area contributed by atoms with Crippen molar-refractivity contribution in [3.05, 3.63) is 53.1 Å². The van der Waals surface area contributed by atoms with Crippen LogP contribution in [0.2, 0.25) is 0 Å². The SMILES string of the molecule is CC1=C[C@]23C(O)[C@@H](C=C(CO)[C@@H](O)[C@]2(O)[C@H]1OC(=O)N(C)c1ccc(C#N)cc1)[C@H]1[C@@H](C[C@H]3C)C1(C)C. The summed E-state index contributed by atoms with van der Waals surface area (Å²) in [6.07, 6.45) is -0.285. The van der Waals surface area contributed by atoms with Gasteiger partial charge < -0.3 is 25.2 Å². The minimum Gasteiger partial charge on any atom is -0.438 e. The Hall–Kier alpha value is -2.70. The first-order valence-electron chi connectivity index (χ1n) is 12.9. The average Bonchev–Trinajstić information content (AvgIpc) is 3.37. The van der Waals surface area contributed by atoms with Gasteiger partial charge in [0.05, 0.1) is 29.8 Å². The lowest BCUT2D eigenvalue weighted by atomic mass is 9.58. The summed E-state index contributed by atoms with van der Waals surface area (Å²) in [6.45, 7) is 7.59. The van der Waals surface area contributed by atoms with Crippen molar-refractivity contribution >= 4 is 11.8 Å². The minimum atomic E-state index is -2.08. The fraction of sp³-hybridized carbons (Fsp3) is 0.586. The molecule has 1 aromatic carbocycles. The standard InChI is InChI=1S/C29H36N2O6/c1-15-12-28-16(2)10-21-22(27(21,3)4)20(24(28)34)11-18(14-32)23(33)29(28,36)25(15)37-26(35)31(5)19-8-6-17(13-30)7-9-19/h6-9,11-12,16,20-25,32-34,36H,10,14H2,1-5H3/t16-,20+,21-,22+,23-,24?,25+,28+,29+/m1/s1. The number of nitriles is 1. The molecule has 8 heteroatoms. The van der Waals surface area contributed by atoms with Crippen molar-refractivity contribution in [3.8, 4) is 6.07 Å².